The van der Waals surface area contributed by atoms with Crippen molar-refractivity contribution in [2.75, 3.05) is 6.61 Å². The number of hydrogen-bond acceptors (Lipinski definition) is 4. The Labute approximate surface area is 155 Å². The Bertz CT molecular complexity index is 815. The molecule has 0 bridgehead atoms. The molecule has 2 atom stereocenters. The lowest BCUT2D eigenvalue weighted by Gasteiger charge is -2.17. The van der Waals surface area contributed by atoms with E-state index in [9.17, 15) is 5.11 Å². The first-order chi connectivity index (χ1) is 12.1. The molecule has 1 heterocycles. The molecule has 5 heteroatoms. The van der Waals surface area contributed by atoms with Crippen molar-refractivity contribution in [2.45, 2.75) is 26.1 Å². The molecule has 0 amide bonds. The molecule has 3 rings (SSSR count). The molecule has 0 radical (unpaired) electrons. The minimum absolute atomic E-state index is 0.104. The Balaban J connectivity index is 1.75. The molecule has 2 aromatic carbocycles. The number of aromatic nitrogens is 1. The topological polar surface area (TPSA) is 55.5 Å². The highest BCUT2D eigenvalue weighted by atomic mass is 79.9. The van der Waals surface area contributed by atoms with Crippen molar-refractivity contribution in [3.8, 4) is 11.3 Å². The highest BCUT2D eigenvalue weighted by Crippen LogP contribution is 2.32. The number of hydrogen-bond donors (Lipinski definition) is 1. The predicted octanol–water partition coefficient (Wildman–Crippen LogP) is 5.22. The molecule has 0 spiro atoms. The summed E-state index contributed by atoms with van der Waals surface area (Å²) in [5, 5.41) is 14.7. The van der Waals surface area contributed by atoms with Gasteiger partial charge in [-0.15, -0.1) is 0 Å². The van der Waals surface area contributed by atoms with E-state index in [2.05, 4.69) is 21.1 Å². The quantitative estimate of drug-likeness (QED) is 0.614. The van der Waals surface area contributed by atoms with Gasteiger partial charge in [-0.2, -0.15) is 0 Å². The summed E-state index contributed by atoms with van der Waals surface area (Å²) >= 11 is 3.42. The average molecular weight is 402 g/mol. The minimum atomic E-state index is -0.809. The van der Waals surface area contributed by atoms with Gasteiger partial charge >= 0.3 is 0 Å². The second kappa shape index (κ2) is 7.95. The molecule has 0 saturated carbocycles. The molecule has 130 valence electrons. The summed E-state index contributed by atoms with van der Waals surface area (Å²) in [5.41, 5.74) is 3.28. The second-order valence-corrected chi connectivity index (χ2v) is 6.84. The van der Waals surface area contributed by atoms with E-state index in [0.29, 0.717) is 17.0 Å². The molecule has 3 aromatic rings. The van der Waals surface area contributed by atoms with Crippen molar-refractivity contribution in [3.05, 3.63) is 75.9 Å². The first-order valence-corrected chi connectivity index (χ1v) is 8.92. The van der Waals surface area contributed by atoms with Gasteiger partial charge in [0, 0.05) is 10.0 Å². The van der Waals surface area contributed by atoms with Crippen LogP contribution in [0.5, 0.6) is 0 Å². The highest BCUT2D eigenvalue weighted by Gasteiger charge is 2.23. The number of benzene rings is 2. The summed E-state index contributed by atoms with van der Waals surface area (Å²) in [4.78, 5) is 0. The molecule has 0 saturated heterocycles. The summed E-state index contributed by atoms with van der Waals surface area (Å²) in [6.07, 6.45) is -0.914. The normalized spacial score (nSPS) is 13.6. The van der Waals surface area contributed by atoms with E-state index < -0.39 is 6.10 Å². The van der Waals surface area contributed by atoms with Crippen LogP contribution in [-0.4, -0.2) is 16.9 Å². The molecule has 0 fully saturated rings. The van der Waals surface area contributed by atoms with Crippen LogP contribution in [0, 0.1) is 6.92 Å². The van der Waals surface area contributed by atoms with E-state index in [1.54, 1.807) is 0 Å². The Kier molecular flexibility index (Phi) is 5.68. The summed E-state index contributed by atoms with van der Waals surface area (Å²) in [5.74, 6) is 0.577. The van der Waals surface area contributed by atoms with Gasteiger partial charge in [0.05, 0.1) is 24.0 Å². The van der Waals surface area contributed by atoms with E-state index in [4.69, 9.17) is 9.26 Å². The lowest BCUT2D eigenvalue weighted by atomic mass is 10.0. The zero-order chi connectivity index (χ0) is 17.8. The van der Waals surface area contributed by atoms with Crippen molar-refractivity contribution >= 4 is 15.9 Å². The number of nitrogens with zero attached hydrogens (tertiary/aromatic N) is 1. The fourth-order valence-corrected chi connectivity index (χ4v) is 2.98. The average Bonchev–Trinajstić information content (AvgIpc) is 3.02. The van der Waals surface area contributed by atoms with E-state index in [-0.39, 0.29) is 12.7 Å². The van der Waals surface area contributed by atoms with E-state index in [0.717, 1.165) is 15.6 Å². The molecule has 25 heavy (non-hydrogen) atoms. The Morgan fingerprint density at radius 3 is 2.48 bits per heavy atom. The minimum Gasteiger partial charge on any atom is -0.386 e. The summed E-state index contributed by atoms with van der Waals surface area (Å²) in [6.45, 7) is 3.96. The SMILES string of the molecule is Cc1noc(-c2ccc(Br)cc2)c1[C@H](O)CO[C@H](C)c1ccccc1. The molecular weight excluding hydrogens is 382 g/mol. The molecule has 0 aliphatic heterocycles. The zero-order valence-corrected chi connectivity index (χ0v) is 15.7. The molecular formula is C20H20BrNO3. The first kappa shape index (κ1) is 17.9. The second-order valence-electron chi connectivity index (χ2n) is 5.92. The van der Waals surface area contributed by atoms with Crippen molar-refractivity contribution in [1.29, 1.82) is 0 Å². The molecule has 1 N–H and O–H groups in total. The van der Waals surface area contributed by atoms with Gasteiger partial charge in [-0.25, -0.2) is 0 Å². The molecule has 0 unspecified atom stereocenters. The standard InChI is InChI=1S/C20H20BrNO3/c1-13-19(20(25-22-13)16-8-10-17(21)11-9-16)18(23)12-24-14(2)15-6-4-3-5-7-15/h3-11,14,18,23H,12H2,1-2H3/t14-,18-/m1/s1. The third-order valence-corrected chi connectivity index (χ3v) is 4.65. The first-order valence-electron chi connectivity index (χ1n) is 8.13. The lowest BCUT2D eigenvalue weighted by Crippen LogP contribution is -2.11. The van der Waals surface area contributed by atoms with Crippen LogP contribution >= 0.6 is 15.9 Å². The van der Waals surface area contributed by atoms with Crippen LogP contribution in [0.25, 0.3) is 11.3 Å². The van der Waals surface area contributed by atoms with Crippen LogP contribution in [-0.2, 0) is 4.74 Å². The number of aliphatic hydroxyl groups excluding tert-OH is 1. The number of aryl methyl sites for hydroxylation is 1. The maximum absolute atomic E-state index is 10.6. The van der Waals surface area contributed by atoms with Crippen molar-refractivity contribution in [1.82, 2.24) is 5.16 Å². The fraction of sp³-hybridized carbons (Fsp3) is 0.250. The largest absolute Gasteiger partial charge is 0.386 e. The Hall–Kier alpha value is -1.95. The number of halogens is 1. The smallest absolute Gasteiger partial charge is 0.173 e. The third-order valence-electron chi connectivity index (χ3n) is 4.12. The van der Waals surface area contributed by atoms with Gasteiger partial charge in [-0.1, -0.05) is 63.6 Å². The third kappa shape index (κ3) is 4.18. The van der Waals surface area contributed by atoms with Crippen LogP contribution in [0.4, 0.5) is 0 Å². The number of ether oxygens (including phenoxy) is 1. The van der Waals surface area contributed by atoms with E-state index in [1.165, 1.54) is 0 Å². The summed E-state index contributed by atoms with van der Waals surface area (Å²) < 4.78 is 12.3. The zero-order valence-electron chi connectivity index (χ0n) is 14.1. The summed E-state index contributed by atoms with van der Waals surface area (Å²) in [6, 6.07) is 17.6. The monoisotopic (exact) mass is 401 g/mol. The van der Waals surface area contributed by atoms with Crippen LogP contribution in [0.15, 0.2) is 63.6 Å². The van der Waals surface area contributed by atoms with Gasteiger partial charge in [0.1, 0.15) is 6.10 Å². The van der Waals surface area contributed by atoms with Crippen LogP contribution < -0.4 is 0 Å². The van der Waals surface area contributed by atoms with Crippen LogP contribution in [0.1, 0.15) is 36.0 Å². The fourth-order valence-electron chi connectivity index (χ4n) is 2.72. The molecule has 4 nitrogen and oxygen atoms in total. The molecule has 0 aliphatic carbocycles. The number of rotatable bonds is 6. The highest BCUT2D eigenvalue weighted by molar-refractivity contribution is 9.10. The van der Waals surface area contributed by atoms with E-state index in [1.807, 2.05) is 68.4 Å². The maximum Gasteiger partial charge on any atom is 0.173 e. The van der Waals surface area contributed by atoms with Gasteiger partial charge in [0.25, 0.3) is 0 Å². The van der Waals surface area contributed by atoms with Crippen molar-refractivity contribution < 1.29 is 14.4 Å². The lowest BCUT2D eigenvalue weighted by molar-refractivity contribution is -0.00374. The Morgan fingerprint density at radius 1 is 1.12 bits per heavy atom. The van der Waals surface area contributed by atoms with Gasteiger partial charge in [0.15, 0.2) is 5.76 Å². The van der Waals surface area contributed by atoms with Crippen LogP contribution in [0.3, 0.4) is 0 Å². The van der Waals surface area contributed by atoms with Gasteiger partial charge in [0.2, 0.25) is 0 Å². The summed E-state index contributed by atoms with van der Waals surface area (Å²) in [7, 11) is 0. The number of aliphatic hydroxyl groups is 1. The molecule has 1 aromatic heterocycles. The van der Waals surface area contributed by atoms with Gasteiger partial charge in [-0.3, -0.25) is 0 Å². The van der Waals surface area contributed by atoms with Gasteiger partial charge in [-0.05, 0) is 31.5 Å². The maximum atomic E-state index is 10.6. The van der Waals surface area contributed by atoms with Crippen LogP contribution in [0.2, 0.25) is 0 Å². The van der Waals surface area contributed by atoms with E-state index >= 15 is 0 Å². The predicted molar refractivity (Wildman–Crippen MR) is 100 cm³/mol. The van der Waals surface area contributed by atoms with Crippen molar-refractivity contribution in [3.63, 3.8) is 0 Å². The van der Waals surface area contributed by atoms with Crippen molar-refractivity contribution in [2.24, 2.45) is 0 Å². The molecule has 0 aliphatic rings. The van der Waals surface area contributed by atoms with Gasteiger partial charge < -0.3 is 14.4 Å². The Morgan fingerprint density at radius 2 is 1.80 bits per heavy atom.